The number of ether oxygens (including phenoxy) is 1. The predicted molar refractivity (Wildman–Crippen MR) is 131 cm³/mol. The van der Waals surface area contributed by atoms with Crippen molar-refractivity contribution in [3.05, 3.63) is 94.7 Å². The highest BCUT2D eigenvalue weighted by molar-refractivity contribution is 5.85. The molecule has 0 amide bonds. The lowest BCUT2D eigenvalue weighted by atomic mass is 9.91. The van der Waals surface area contributed by atoms with E-state index in [0.717, 1.165) is 17.9 Å². The lowest BCUT2D eigenvalue weighted by molar-refractivity contribution is 0.309. The summed E-state index contributed by atoms with van der Waals surface area (Å²) in [5.41, 5.74) is 7.86. The Hall–Kier alpha value is -3.04. The Balaban J connectivity index is 1.58. The van der Waals surface area contributed by atoms with Crippen molar-refractivity contribution in [2.75, 3.05) is 13.6 Å². The first-order valence-corrected chi connectivity index (χ1v) is 11.8. The highest BCUT2D eigenvalue weighted by Gasteiger charge is 2.32. The van der Waals surface area contributed by atoms with E-state index in [4.69, 9.17) is 4.74 Å². The third kappa shape index (κ3) is 3.07. The van der Waals surface area contributed by atoms with Crippen molar-refractivity contribution < 1.29 is 4.74 Å². The molecule has 0 aliphatic carbocycles. The number of benzene rings is 3. The lowest BCUT2D eigenvalue weighted by Crippen LogP contribution is -2.26. The molecule has 3 nitrogen and oxygen atoms in total. The molecule has 0 radical (unpaired) electrons. The van der Waals surface area contributed by atoms with Crippen molar-refractivity contribution in [3.63, 3.8) is 0 Å². The highest BCUT2D eigenvalue weighted by Crippen LogP contribution is 2.47. The van der Waals surface area contributed by atoms with E-state index in [1.54, 1.807) is 0 Å². The first-order chi connectivity index (χ1) is 15.6. The van der Waals surface area contributed by atoms with Gasteiger partial charge in [0.15, 0.2) is 0 Å². The van der Waals surface area contributed by atoms with Crippen molar-refractivity contribution in [3.8, 4) is 11.5 Å². The summed E-state index contributed by atoms with van der Waals surface area (Å²) in [6.45, 7) is 5.61. The number of likely N-dealkylation sites (tertiary alicyclic amines) is 1. The van der Waals surface area contributed by atoms with Crippen LogP contribution in [0.2, 0.25) is 0 Å². The average molecular weight is 423 g/mol. The smallest absolute Gasteiger partial charge is 0.133 e. The molecule has 1 fully saturated rings. The Morgan fingerprint density at radius 1 is 0.969 bits per heavy atom. The molecular formula is C29H30N2O. The van der Waals surface area contributed by atoms with E-state index in [1.807, 2.05) is 0 Å². The number of fused-ring (bicyclic) bond motifs is 3. The summed E-state index contributed by atoms with van der Waals surface area (Å²) in [7, 11) is 2.27. The molecular weight excluding hydrogens is 392 g/mol. The second-order valence-corrected chi connectivity index (χ2v) is 9.59. The maximum absolute atomic E-state index is 6.35. The van der Waals surface area contributed by atoms with Crippen LogP contribution in [0, 0.1) is 13.8 Å². The van der Waals surface area contributed by atoms with Gasteiger partial charge in [-0.2, -0.15) is 0 Å². The number of nitrogens with zero attached hydrogens (tertiary/aromatic N) is 2. The van der Waals surface area contributed by atoms with Gasteiger partial charge < -0.3 is 14.2 Å². The zero-order valence-electron chi connectivity index (χ0n) is 19.1. The highest BCUT2D eigenvalue weighted by atomic mass is 16.5. The second kappa shape index (κ2) is 7.53. The van der Waals surface area contributed by atoms with Crippen LogP contribution in [0.5, 0.6) is 11.5 Å². The number of hydrogen-bond donors (Lipinski definition) is 0. The Labute approximate surface area is 190 Å². The molecule has 4 aromatic rings. The van der Waals surface area contributed by atoms with Gasteiger partial charge in [0.25, 0.3) is 0 Å². The van der Waals surface area contributed by atoms with Crippen molar-refractivity contribution >= 4 is 10.9 Å². The molecule has 0 bridgehead atoms. The summed E-state index contributed by atoms with van der Waals surface area (Å²) in [4.78, 5) is 2.53. The standard InChI is InChI=1S/C29H30N2O/c1-19-13-14-25-24(16-19)21(17-22-9-7-15-30(22)3)18-31(25)29-23-10-4-5-11-26(23)32-27-12-6-8-20(2)28(27)29/h4-6,8,10-14,16,18,22,29H,7,9,15,17H2,1-3H3/t22-,29-/m0/s1. The largest absolute Gasteiger partial charge is 0.457 e. The molecule has 0 spiro atoms. The maximum atomic E-state index is 6.35. The van der Waals surface area contributed by atoms with Crippen LogP contribution in [0.25, 0.3) is 10.9 Å². The fourth-order valence-corrected chi connectivity index (χ4v) is 5.76. The minimum absolute atomic E-state index is 0.108. The summed E-state index contributed by atoms with van der Waals surface area (Å²) in [5, 5.41) is 1.39. The zero-order valence-corrected chi connectivity index (χ0v) is 19.1. The third-order valence-corrected chi connectivity index (χ3v) is 7.47. The molecule has 3 heterocycles. The maximum Gasteiger partial charge on any atom is 0.133 e. The molecule has 32 heavy (non-hydrogen) atoms. The van der Waals surface area contributed by atoms with E-state index in [0.29, 0.717) is 6.04 Å². The van der Waals surface area contributed by atoms with Crippen LogP contribution in [0.4, 0.5) is 0 Å². The van der Waals surface area contributed by atoms with Gasteiger partial charge in [0.05, 0.1) is 6.04 Å². The number of aryl methyl sites for hydroxylation is 2. The van der Waals surface area contributed by atoms with E-state index >= 15 is 0 Å². The summed E-state index contributed by atoms with van der Waals surface area (Å²) in [6, 6.07) is 22.6. The van der Waals surface area contributed by atoms with E-state index < -0.39 is 0 Å². The molecule has 6 rings (SSSR count). The molecule has 0 saturated carbocycles. The number of para-hydroxylation sites is 1. The van der Waals surface area contributed by atoms with Crippen molar-refractivity contribution in [2.24, 2.45) is 0 Å². The van der Waals surface area contributed by atoms with Crippen molar-refractivity contribution in [1.29, 1.82) is 0 Å². The summed E-state index contributed by atoms with van der Waals surface area (Å²) in [6.07, 6.45) is 6.13. The van der Waals surface area contributed by atoms with Crippen LogP contribution >= 0.6 is 0 Å². The normalized spacial score (nSPS) is 20.2. The first kappa shape index (κ1) is 19.6. The van der Waals surface area contributed by atoms with Gasteiger partial charge in [-0.1, -0.05) is 42.0 Å². The van der Waals surface area contributed by atoms with Crippen LogP contribution in [0.15, 0.2) is 66.9 Å². The van der Waals surface area contributed by atoms with Crippen LogP contribution in [-0.4, -0.2) is 29.1 Å². The quantitative estimate of drug-likeness (QED) is 0.324. The molecule has 1 saturated heterocycles. The Bertz CT molecular complexity index is 1320. The van der Waals surface area contributed by atoms with Gasteiger partial charge in [-0.25, -0.2) is 0 Å². The molecule has 3 heteroatoms. The summed E-state index contributed by atoms with van der Waals surface area (Å²) < 4.78 is 8.86. The van der Waals surface area contributed by atoms with E-state index in [1.165, 1.54) is 58.1 Å². The predicted octanol–water partition coefficient (Wildman–Crippen LogP) is 6.64. The van der Waals surface area contributed by atoms with E-state index in [-0.39, 0.29) is 6.04 Å². The minimum Gasteiger partial charge on any atom is -0.457 e. The average Bonchev–Trinajstić information content (AvgIpc) is 3.35. The molecule has 0 unspecified atom stereocenters. The number of hydrogen-bond acceptors (Lipinski definition) is 2. The van der Waals surface area contributed by atoms with Gasteiger partial charge in [0.1, 0.15) is 11.5 Å². The Kier molecular flexibility index (Phi) is 4.62. The van der Waals surface area contributed by atoms with Crippen LogP contribution in [0.3, 0.4) is 0 Å². The monoisotopic (exact) mass is 422 g/mol. The zero-order chi connectivity index (χ0) is 21.8. The summed E-state index contributed by atoms with van der Waals surface area (Å²) >= 11 is 0. The molecule has 1 aromatic heterocycles. The Morgan fingerprint density at radius 3 is 2.66 bits per heavy atom. The lowest BCUT2D eigenvalue weighted by Gasteiger charge is -2.31. The topological polar surface area (TPSA) is 17.4 Å². The summed E-state index contributed by atoms with van der Waals surface area (Å²) in [5.74, 6) is 1.93. The Morgan fingerprint density at radius 2 is 1.81 bits per heavy atom. The molecule has 2 atom stereocenters. The van der Waals surface area contributed by atoms with E-state index in [2.05, 4.69) is 97.2 Å². The minimum atomic E-state index is 0.108. The molecule has 162 valence electrons. The fourth-order valence-electron chi connectivity index (χ4n) is 5.76. The third-order valence-electron chi connectivity index (χ3n) is 7.47. The van der Waals surface area contributed by atoms with Gasteiger partial charge in [-0.3, -0.25) is 0 Å². The van der Waals surface area contributed by atoms with Crippen LogP contribution in [-0.2, 0) is 6.42 Å². The molecule has 2 aliphatic heterocycles. The van der Waals surface area contributed by atoms with Crippen LogP contribution in [0.1, 0.15) is 46.7 Å². The molecule has 3 aromatic carbocycles. The number of aromatic nitrogens is 1. The van der Waals surface area contributed by atoms with Crippen molar-refractivity contribution in [2.45, 2.75) is 45.2 Å². The van der Waals surface area contributed by atoms with Gasteiger partial charge in [0.2, 0.25) is 0 Å². The van der Waals surface area contributed by atoms with Crippen molar-refractivity contribution in [1.82, 2.24) is 9.47 Å². The number of rotatable bonds is 3. The van der Waals surface area contributed by atoms with Gasteiger partial charge in [-0.15, -0.1) is 0 Å². The fraction of sp³-hybridized carbons (Fsp3) is 0.310. The first-order valence-electron chi connectivity index (χ1n) is 11.8. The molecule has 0 N–H and O–H groups in total. The van der Waals surface area contributed by atoms with Gasteiger partial charge in [-0.05, 0) is 82.1 Å². The van der Waals surface area contributed by atoms with Gasteiger partial charge >= 0.3 is 0 Å². The van der Waals surface area contributed by atoms with E-state index in [9.17, 15) is 0 Å². The van der Waals surface area contributed by atoms with Gasteiger partial charge in [0, 0.05) is 34.3 Å². The second-order valence-electron chi connectivity index (χ2n) is 9.59. The SMILES string of the molecule is Cc1ccc2c(c1)c(C[C@@H]1CCCN1C)cn2[C@H]1c2ccccc2Oc2cccc(C)c21. The van der Waals surface area contributed by atoms with Crippen LogP contribution < -0.4 is 4.74 Å². The molecule has 2 aliphatic rings. The number of likely N-dealkylation sites (N-methyl/N-ethyl adjacent to an activating group) is 1.